The van der Waals surface area contributed by atoms with E-state index in [9.17, 15) is 10.1 Å². The Morgan fingerprint density at radius 3 is 2.55 bits per heavy atom. The zero-order valence-corrected chi connectivity index (χ0v) is 12.3. The number of nitrogens with two attached hydrogens (primary N) is 1. The van der Waals surface area contributed by atoms with E-state index >= 15 is 0 Å². The fraction of sp³-hybridized carbons (Fsp3) is 0.538. The van der Waals surface area contributed by atoms with Gasteiger partial charge in [-0.15, -0.1) is 0 Å². The number of anilines is 1. The second-order valence-corrected chi connectivity index (χ2v) is 5.15. The van der Waals surface area contributed by atoms with Gasteiger partial charge in [0.05, 0.1) is 4.92 Å². The number of nitrogens with one attached hydrogen (secondary N) is 1. The van der Waals surface area contributed by atoms with Gasteiger partial charge in [-0.2, -0.15) is 0 Å². The third kappa shape index (κ3) is 5.12. The third-order valence-electron chi connectivity index (χ3n) is 3.01. The Bertz CT molecular complexity index is 450. The van der Waals surface area contributed by atoms with Crippen molar-refractivity contribution < 1.29 is 4.92 Å². The lowest BCUT2D eigenvalue weighted by molar-refractivity contribution is -0.384. The maximum absolute atomic E-state index is 10.8. The molecule has 0 bridgehead atoms. The Morgan fingerprint density at radius 1 is 1.30 bits per heavy atom. The molecule has 7 heteroatoms. The highest BCUT2D eigenvalue weighted by atomic mass is 16.6. The molecule has 0 aliphatic heterocycles. The van der Waals surface area contributed by atoms with Gasteiger partial charge in [-0.3, -0.25) is 16.0 Å². The number of nitro groups is 1. The first kappa shape index (κ1) is 16.4. The molecule has 0 saturated heterocycles. The summed E-state index contributed by atoms with van der Waals surface area (Å²) in [7, 11) is 6.14. The first-order valence-electron chi connectivity index (χ1n) is 6.51. The molecule has 0 fully saturated rings. The van der Waals surface area contributed by atoms with Gasteiger partial charge >= 0.3 is 0 Å². The molecule has 0 amide bonds. The van der Waals surface area contributed by atoms with Crippen molar-refractivity contribution >= 4 is 11.4 Å². The van der Waals surface area contributed by atoms with Crippen molar-refractivity contribution in [3.8, 4) is 0 Å². The van der Waals surface area contributed by atoms with Crippen LogP contribution in [0.2, 0.25) is 0 Å². The van der Waals surface area contributed by atoms with E-state index in [0.29, 0.717) is 5.69 Å². The van der Waals surface area contributed by atoms with Crippen molar-refractivity contribution in [1.29, 1.82) is 0 Å². The molecule has 0 spiro atoms. The maximum atomic E-state index is 10.8. The van der Waals surface area contributed by atoms with Crippen LogP contribution in [0.3, 0.4) is 0 Å². The predicted molar refractivity (Wildman–Crippen MR) is 80.4 cm³/mol. The van der Waals surface area contributed by atoms with Gasteiger partial charge in [-0.1, -0.05) is 6.07 Å². The molecule has 3 N–H and O–H groups in total. The van der Waals surface area contributed by atoms with Crippen LogP contribution in [0.5, 0.6) is 0 Å². The molecular formula is C13H23N5O2. The largest absolute Gasteiger partial charge is 0.318 e. The lowest BCUT2D eigenvalue weighted by Gasteiger charge is -2.18. The van der Waals surface area contributed by atoms with Gasteiger partial charge in [-0.05, 0) is 52.3 Å². The molecule has 0 radical (unpaired) electrons. The molecule has 7 nitrogen and oxygen atoms in total. The van der Waals surface area contributed by atoms with Crippen molar-refractivity contribution in [2.45, 2.75) is 13.0 Å². The summed E-state index contributed by atoms with van der Waals surface area (Å²) in [6.45, 7) is 2.75. The van der Waals surface area contributed by atoms with Gasteiger partial charge < -0.3 is 15.2 Å². The Kier molecular flexibility index (Phi) is 6.37. The van der Waals surface area contributed by atoms with E-state index in [-0.39, 0.29) is 5.69 Å². The molecule has 0 heterocycles. The smallest absolute Gasteiger partial charge is 0.293 e. The average Bonchev–Trinajstić information content (AvgIpc) is 2.37. The lowest BCUT2D eigenvalue weighted by atomic mass is 10.1. The fourth-order valence-electron chi connectivity index (χ4n) is 2.00. The summed E-state index contributed by atoms with van der Waals surface area (Å²) in [5, 5.41) is 10.8. The van der Waals surface area contributed by atoms with E-state index in [1.54, 1.807) is 12.1 Å². The van der Waals surface area contributed by atoms with E-state index in [1.165, 1.54) is 6.07 Å². The van der Waals surface area contributed by atoms with Gasteiger partial charge in [0.2, 0.25) is 0 Å². The Labute approximate surface area is 119 Å². The number of hydrogen-bond acceptors (Lipinski definition) is 6. The first-order chi connectivity index (χ1) is 9.43. The molecule has 1 aromatic carbocycles. The van der Waals surface area contributed by atoms with E-state index < -0.39 is 4.92 Å². The number of nitrogen functional groups attached to an aromatic ring is 1. The number of hydrogen-bond donors (Lipinski definition) is 2. The molecular weight excluding hydrogens is 258 g/mol. The lowest BCUT2D eigenvalue weighted by Crippen LogP contribution is -2.23. The minimum atomic E-state index is -0.445. The number of hydrazine groups is 1. The van der Waals surface area contributed by atoms with Crippen molar-refractivity contribution in [3.05, 3.63) is 33.9 Å². The molecule has 0 unspecified atom stereocenters. The van der Waals surface area contributed by atoms with E-state index in [1.807, 2.05) is 7.05 Å². The zero-order valence-electron chi connectivity index (χ0n) is 12.3. The summed E-state index contributed by atoms with van der Waals surface area (Å²) in [6, 6.07) is 4.97. The second kappa shape index (κ2) is 7.78. The molecule has 112 valence electrons. The molecule has 1 rings (SSSR count). The van der Waals surface area contributed by atoms with Crippen LogP contribution in [-0.4, -0.2) is 49.0 Å². The quantitative estimate of drug-likeness (QED) is 0.424. The van der Waals surface area contributed by atoms with E-state index in [2.05, 4.69) is 29.3 Å². The monoisotopic (exact) mass is 281 g/mol. The average molecular weight is 281 g/mol. The van der Waals surface area contributed by atoms with E-state index in [4.69, 9.17) is 5.84 Å². The molecule has 0 aliphatic carbocycles. The van der Waals surface area contributed by atoms with Crippen LogP contribution < -0.4 is 11.3 Å². The number of rotatable bonds is 8. The zero-order chi connectivity index (χ0) is 15.1. The number of nitrogens with zero attached hydrogens (tertiary/aromatic N) is 3. The fourth-order valence-corrected chi connectivity index (χ4v) is 2.00. The summed E-state index contributed by atoms with van der Waals surface area (Å²) in [6.07, 6.45) is 1.08. The van der Waals surface area contributed by atoms with Crippen LogP contribution in [-0.2, 0) is 6.54 Å². The van der Waals surface area contributed by atoms with Gasteiger partial charge in [-0.25, -0.2) is 0 Å². The standard InChI is InChI=1S/C13H23N5O2/c1-16(2)7-4-8-17(3)10-11-5-6-13(18(19)20)12(9-11)15-14/h5-6,9,15H,4,7-8,10,14H2,1-3H3. The van der Waals surface area contributed by atoms with Gasteiger partial charge in [0.1, 0.15) is 5.69 Å². The first-order valence-corrected chi connectivity index (χ1v) is 6.51. The van der Waals surface area contributed by atoms with Crippen LogP contribution in [0.4, 0.5) is 11.4 Å². The summed E-state index contributed by atoms with van der Waals surface area (Å²) in [5.41, 5.74) is 3.71. The van der Waals surface area contributed by atoms with Gasteiger partial charge in [0.25, 0.3) is 5.69 Å². The molecule has 20 heavy (non-hydrogen) atoms. The van der Waals surface area contributed by atoms with Crippen molar-refractivity contribution in [2.75, 3.05) is 39.7 Å². The Hall–Kier alpha value is -1.70. The Morgan fingerprint density at radius 2 is 2.00 bits per heavy atom. The highest BCUT2D eigenvalue weighted by Crippen LogP contribution is 2.24. The summed E-state index contributed by atoms with van der Waals surface area (Å²) in [4.78, 5) is 14.7. The molecule has 0 atom stereocenters. The third-order valence-corrected chi connectivity index (χ3v) is 3.01. The number of nitro benzene ring substituents is 1. The molecule has 1 aromatic rings. The van der Waals surface area contributed by atoms with Crippen LogP contribution in [0.25, 0.3) is 0 Å². The van der Waals surface area contributed by atoms with Crippen molar-refractivity contribution in [3.63, 3.8) is 0 Å². The minimum absolute atomic E-state index is 0.00786. The highest BCUT2D eigenvalue weighted by Gasteiger charge is 2.13. The minimum Gasteiger partial charge on any atom is -0.318 e. The highest BCUT2D eigenvalue weighted by molar-refractivity contribution is 5.62. The second-order valence-electron chi connectivity index (χ2n) is 5.15. The summed E-state index contributed by atoms with van der Waals surface area (Å²) < 4.78 is 0. The Balaban J connectivity index is 2.61. The van der Waals surface area contributed by atoms with Crippen molar-refractivity contribution in [1.82, 2.24) is 9.80 Å². The molecule has 0 aromatic heterocycles. The molecule has 0 aliphatic rings. The van der Waals surface area contributed by atoms with Crippen LogP contribution in [0, 0.1) is 10.1 Å². The topological polar surface area (TPSA) is 87.7 Å². The van der Waals surface area contributed by atoms with Crippen LogP contribution in [0.1, 0.15) is 12.0 Å². The van der Waals surface area contributed by atoms with E-state index in [0.717, 1.165) is 31.6 Å². The summed E-state index contributed by atoms with van der Waals surface area (Å²) >= 11 is 0. The van der Waals surface area contributed by atoms with Crippen LogP contribution >= 0.6 is 0 Å². The van der Waals surface area contributed by atoms with Crippen LogP contribution in [0.15, 0.2) is 18.2 Å². The predicted octanol–water partition coefficient (Wildman–Crippen LogP) is 1.26. The number of benzene rings is 1. The van der Waals surface area contributed by atoms with Gasteiger partial charge in [0, 0.05) is 12.6 Å². The van der Waals surface area contributed by atoms with Crippen molar-refractivity contribution in [2.24, 2.45) is 5.84 Å². The summed E-state index contributed by atoms with van der Waals surface area (Å²) in [5.74, 6) is 5.33. The van der Waals surface area contributed by atoms with Gasteiger partial charge in [0.15, 0.2) is 0 Å². The normalized spacial score (nSPS) is 11.1. The molecule has 0 saturated carbocycles. The maximum Gasteiger partial charge on any atom is 0.293 e. The SMILES string of the molecule is CN(C)CCCN(C)Cc1ccc([N+](=O)[O-])c(NN)c1.